The maximum atomic E-state index is 6.54. The van der Waals surface area contributed by atoms with Crippen LogP contribution in [0.15, 0.2) is 85.1 Å². The lowest BCUT2D eigenvalue weighted by molar-refractivity contribution is -0.177. The van der Waals surface area contributed by atoms with E-state index in [2.05, 4.69) is 29.2 Å². The largest absolute Gasteiger partial charge is 0.374 e. The normalized spacial score (nSPS) is 27.4. The molecule has 30 heavy (non-hydrogen) atoms. The SMILES string of the molecule is c1ccc(COCC23COC([C@H]2OCc2ccccc2)[C@H](c2ccccn2)O3)cc1. The molecular weight excluding hydrogens is 378 g/mol. The average Bonchev–Trinajstić information content (AvgIpc) is 3.31. The zero-order valence-corrected chi connectivity index (χ0v) is 16.7. The molecule has 2 aliphatic rings. The minimum Gasteiger partial charge on any atom is -0.374 e. The molecule has 2 bridgehead atoms. The molecule has 2 fully saturated rings. The summed E-state index contributed by atoms with van der Waals surface area (Å²) in [5, 5.41) is 0. The first kappa shape index (κ1) is 19.4. The highest BCUT2D eigenvalue weighted by molar-refractivity contribution is 5.20. The Balaban J connectivity index is 1.33. The Bertz CT molecular complexity index is 937. The summed E-state index contributed by atoms with van der Waals surface area (Å²) >= 11 is 0. The third kappa shape index (κ3) is 3.89. The lowest BCUT2D eigenvalue weighted by atomic mass is 9.98. The van der Waals surface area contributed by atoms with Crippen LogP contribution in [0.1, 0.15) is 22.9 Å². The van der Waals surface area contributed by atoms with Crippen molar-refractivity contribution < 1.29 is 18.9 Å². The Morgan fingerprint density at radius 2 is 1.57 bits per heavy atom. The fraction of sp³-hybridized carbons (Fsp3) is 0.320. The second-order valence-corrected chi connectivity index (χ2v) is 7.83. The number of benzene rings is 2. The van der Waals surface area contributed by atoms with E-state index in [4.69, 9.17) is 18.9 Å². The molecule has 1 aromatic heterocycles. The fourth-order valence-corrected chi connectivity index (χ4v) is 4.23. The number of pyridine rings is 1. The van der Waals surface area contributed by atoms with E-state index in [1.807, 2.05) is 54.6 Å². The Morgan fingerprint density at radius 1 is 0.867 bits per heavy atom. The van der Waals surface area contributed by atoms with Gasteiger partial charge in [-0.05, 0) is 23.3 Å². The van der Waals surface area contributed by atoms with Gasteiger partial charge < -0.3 is 18.9 Å². The van der Waals surface area contributed by atoms with Gasteiger partial charge in [0.2, 0.25) is 0 Å². The highest BCUT2D eigenvalue weighted by atomic mass is 16.7. The van der Waals surface area contributed by atoms with Crippen LogP contribution in [0, 0.1) is 0 Å². The van der Waals surface area contributed by atoms with Crippen molar-refractivity contribution in [2.24, 2.45) is 0 Å². The molecule has 5 nitrogen and oxygen atoms in total. The lowest BCUT2D eigenvalue weighted by Gasteiger charge is -2.31. The second kappa shape index (κ2) is 8.66. The molecule has 4 atom stereocenters. The highest BCUT2D eigenvalue weighted by Gasteiger charge is 2.63. The summed E-state index contributed by atoms with van der Waals surface area (Å²) in [6, 6.07) is 26.2. The van der Waals surface area contributed by atoms with Crippen LogP contribution in [-0.4, -0.2) is 36.0 Å². The van der Waals surface area contributed by atoms with E-state index < -0.39 is 5.60 Å². The minimum atomic E-state index is -0.642. The Morgan fingerprint density at radius 3 is 2.27 bits per heavy atom. The third-order valence-electron chi connectivity index (χ3n) is 5.71. The Hall–Kier alpha value is -2.57. The van der Waals surface area contributed by atoms with Crippen LogP contribution in [0.5, 0.6) is 0 Å². The highest BCUT2D eigenvalue weighted by Crippen LogP contribution is 2.48. The van der Waals surface area contributed by atoms with Gasteiger partial charge in [-0.25, -0.2) is 0 Å². The summed E-state index contributed by atoms with van der Waals surface area (Å²) in [6.45, 7) is 1.89. The molecular formula is C25H25NO4. The fourth-order valence-electron chi connectivity index (χ4n) is 4.23. The molecule has 0 N–H and O–H groups in total. The Kier molecular flexibility index (Phi) is 5.60. The Labute approximate surface area is 176 Å². The molecule has 5 heteroatoms. The van der Waals surface area contributed by atoms with E-state index in [-0.39, 0.29) is 18.3 Å². The van der Waals surface area contributed by atoms with E-state index in [9.17, 15) is 0 Å². The zero-order valence-electron chi connectivity index (χ0n) is 16.7. The van der Waals surface area contributed by atoms with Crippen molar-refractivity contribution in [1.29, 1.82) is 0 Å². The number of hydrogen-bond donors (Lipinski definition) is 0. The number of ether oxygens (including phenoxy) is 4. The lowest BCUT2D eigenvalue weighted by Crippen LogP contribution is -2.46. The first-order chi connectivity index (χ1) is 14.8. The molecule has 2 saturated heterocycles. The van der Waals surface area contributed by atoms with Gasteiger partial charge in [0.1, 0.15) is 23.9 Å². The standard InChI is InChI=1S/C25H25NO4/c1-3-9-19(10-4-1)15-27-17-25-18-29-23(22(30-25)21-13-7-8-14-26-21)24(25)28-16-20-11-5-2-6-12-20/h1-14,22-24H,15-18H2/t22-,23?,24+,25?/m0/s1. The zero-order chi connectivity index (χ0) is 20.2. The van der Waals surface area contributed by atoms with Crippen LogP contribution in [0.25, 0.3) is 0 Å². The summed E-state index contributed by atoms with van der Waals surface area (Å²) in [5.41, 5.74) is 2.47. The first-order valence-corrected chi connectivity index (χ1v) is 10.3. The quantitative estimate of drug-likeness (QED) is 0.567. The molecule has 0 amide bonds. The molecule has 0 saturated carbocycles. The van der Waals surface area contributed by atoms with Crippen molar-refractivity contribution in [2.75, 3.05) is 13.2 Å². The molecule has 0 aliphatic carbocycles. The monoisotopic (exact) mass is 403 g/mol. The number of rotatable bonds is 8. The van der Waals surface area contributed by atoms with E-state index in [1.165, 1.54) is 0 Å². The number of aromatic nitrogens is 1. The number of nitrogens with zero attached hydrogens (tertiary/aromatic N) is 1. The van der Waals surface area contributed by atoms with Gasteiger partial charge in [-0.2, -0.15) is 0 Å². The maximum absolute atomic E-state index is 6.54. The summed E-state index contributed by atoms with van der Waals surface area (Å²) in [6.07, 6.45) is 1.09. The van der Waals surface area contributed by atoms with E-state index >= 15 is 0 Å². The molecule has 3 aromatic rings. The van der Waals surface area contributed by atoms with Crippen molar-refractivity contribution in [1.82, 2.24) is 4.98 Å². The van der Waals surface area contributed by atoms with Crippen molar-refractivity contribution in [3.63, 3.8) is 0 Å². The number of fused-ring (bicyclic) bond motifs is 2. The van der Waals surface area contributed by atoms with Gasteiger partial charge in [0.25, 0.3) is 0 Å². The molecule has 154 valence electrons. The van der Waals surface area contributed by atoms with Crippen LogP contribution in [0.3, 0.4) is 0 Å². The molecule has 2 aromatic carbocycles. The van der Waals surface area contributed by atoms with Crippen molar-refractivity contribution >= 4 is 0 Å². The van der Waals surface area contributed by atoms with E-state index in [1.54, 1.807) is 6.20 Å². The van der Waals surface area contributed by atoms with Crippen LogP contribution < -0.4 is 0 Å². The maximum Gasteiger partial charge on any atom is 0.144 e. The van der Waals surface area contributed by atoms with Crippen LogP contribution in [0.2, 0.25) is 0 Å². The second-order valence-electron chi connectivity index (χ2n) is 7.83. The first-order valence-electron chi connectivity index (χ1n) is 10.3. The van der Waals surface area contributed by atoms with Crippen LogP contribution in [-0.2, 0) is 32.2 Å². The van der Waals surface area contributed by atoms with Gasteiger partial charge in [-0.3, -0.25) is 4.98 Å². The summed E-state index contributed by atoms with van der Waals surface area (Å²) in [5.74, 6) is 0. The van der Waals surface area contributed by atoms with Gasteiger partial charge in [-0.1, -0.05) is 66.7 Å². The van der Waals surface area contributed by atoms with Gasteiger partial charge >= 0.3 is 0 Å². The topological polar surface area (TPSA) is 49.8 Å². The molecule has 0 radical (unpaired) electrons. The predicted octanol–water partition coefficient (Wildman–Crippen LogP) is 4.09. The molecule has 2 aliphatic heterocycles. The van der Waals surface area contributed by atoms with Crippen molar-refractivity contribution in [3.05, 3.63) is 102 Å². The predicted molar refractivity (Wildman–Crippen MR) is 112 cm³/mol. The van der Waals surface area contributed by atoms with Gasteiger partial charge in [0.15, 0.2) is 0 Å². The summed E-state index contributed by atoms with van der Waals surface area (Å²) in [7, 11) is 0. The van der Waals surface area contributed by atoms with E-state index in [0.29, 0.717) is 26.4 Å². The van der Waals surface area contributed by atoms with Gasteiger partial charge in [0.05, 0.1) is 32.1 Å². The van der Waals surface area contributed by atoms with Gasteiger partial charge in [0, 0.05) is 6.20 Å². The van der Waals surface area contributed by atoms with Crippen molar-refractivity contribution in [2.45, 2.75) is 37.1 Å². The average molecular weight is 403 g/mol. The van der Waals surface area contributed by atoms with Crippen LogP contribution >= 0.6 is 0 Å². The minimum absolute atomic E-state index is 0.205. The molecule has 2 unspecified atom stereocenters. The third-order valence-corrected chi connectivity index (χ3v) is 5.71. The molecule has 0 spiro atoms. The summed E-state index contributed by atoms with van der Waals surface area (Å²) < 4.78 is 25.2. The molecule has 5 rings (SSSR count). The number of hydrogen-bond acceptors (Lipinski definition) is 5. The summed E-state index contributed by atoms with van der Waals surface area (Å²) in [4.78, 5) is 4.49. The molecule has 3 heterocycles. The van der Waals surface area contributed by atoms with Crippen molar-refractivity contribution in [3.8, 4) is 0 Å². The van der Waals surface area contributed by atoms with E-state index in [0.717, 1.165) is 16.8 Å². The van der Waals surface area contributed by atoms with Crippen LogP contribution in [0.4, 0.5) is 0 Å². The smallest absolute Gasteiger partial charge is 0.144 e. The van der Waals surface area contributed by atoms with Gasteiger partial charge in [-0.15, -0.1) is 0 Å².